The molecule has 0 aromatic carbocycles. The van der Waals surface area contributed by atoms with Crippen molar-refractivity contribution in [3.05, 3.63) is 23.9 Å². The van der Waals surface area contributed by atoms with Crippen molar-refractivity contribution in [2.45, 2.75) is 30.9 Å². The molecule has 0 bridgehead atoms. The molecular weight excluding hydrogens is 364 g/mol. The predicted octanol–water partition coefficient (Wildman–Crippen LogP) is 2.68. The first-order valence-electron chi connectivity index (χ1n) is 8.12. The highest BCUT2D eigenvalue weighted by atomic mass is 32.2. The molecule has 136 valence electrons. The van der Waals surface area contributed by atoms with Gasteiger partial charge in [-0.25, -0.2) is 8.42 Å². The molecule has 2 aromatic rings. The van der Waals surface area contributed by atoms with Crippen molar-refractivity contribution in [1.29, 1.82) is 0 Å². The zero-order valence-corrected chi connectivity index (χ0v) is 15.7. The third-order valence-corrected chi connectivity index (χ3v) is 7.48. The Morgan fingerprint density at radius 3 is 2.96 bits per heavy atom. The first kappa shape index (κ1) is 18.1. The number of thiophene rings is 1. The molecule has 1 saturated heterocycles. The molecule has 2 aromatic heterocycles. The van der Waals surface area contributed by atoms with Gasteiger partial charge in [0.1, 0.15) is 4.21 Å². The quantitative estimate of drug-likeness (QED) is 0.736. The molecule has 3 rings (SSSR count). The van der Waals surface area contributed by atoms with E-state index in [0.29, 0.717) is 36.6 Å². The smallest absolute Gasteiger partial charge is 0.310 e. The highest BCUT2D eigenvalue weighted by Crippen LogP contribution is 2.34. The van der Waals surface area contributed by atoms with Crippen LogP contribution in [0.4, 0.5) is 0 Å². The lowest BCUT2D eigenvalue weighted by atomic mass is 10.0. The maximum absolute atomic E-state index is 12.9. The van der Waals surface area contributed by atoms with Crippen LogP contribution < -0.4 is 0 Å². The molecule has 1 fully saturated rings. The van der Waals surface area contributed by atoms with Crippen molar-refractivity contribution < 1.29 is 22.5 Å². The van der Waals surface area contributed by atoms with Crippen LogP contribution in [0.3, 0.4) is 0 Å². The van der Waals surface area contributed by atoms with Crippen molar-refractivity contribution in [3.63, 3.8) is 0 Å². The summed E-state index contributed by atoms with van der Waals surface area (Å²) in [5, 5.41) is 3.82. The predicted molar refractivity (Wildman–Crippen MR) is 92.7 cm³/mol. The van der Waals surface area contributed by atoms with Crippen LogP contribution in [0.25, 0.3) is 10.6 Å². The summed E-state index contributed by atoms with van der Waals surface area (Å²) in [6, 6.07) is 5.05. The molecule has 3 heterocycles. The molecule has 0 saturated carbocycles. The van der Waals surface area contributed by atoms with Gasteiger partial charge in [0.2, 0.25) is 0 Å². The molecule has 25 heavy (non-hydrogen) atoms. The van der Waals surface area contributed by atoms with E-state index in [9.17, 15) is 13.2 Å². The van der Waals surface area contributed by atoms with Gasteiger partial charge in [-0.15, -0.1) is 11.3 Å². The number of sulfonamides is 1. The van der Waals surface area contributed by atoms with E-state index in [1.165, 1.54) is 4.31 Å². The van der Waals surface area contributed by atoms with Gasteiger partial charge in [-0.05, 0) is 38.8 Å². The standard InChI is InChI=1S/C16H20N2O5S2/c1-3-22-16(19)12-5-4-8-18(10-12)25(20,21)15-7-6-14(24-15)13-9-11(2)17-23-13/h6-7,9,12H,3-5,8,10H2,1-2H3/t12-/m0/s1. The molecule has 0 unspecified atom stereocenters. The Morgan fingerprint density at radius 1 is 1.48 bits per heavy atom. The van der Waals surface area contributed by atoms with Crippen molar-refractivity contribution in [3.8, 4) is 10.6 Å². The summed E-state index contributed by atoms with van der Waals surface area (Å²) in [4.78, 5) is 12.6. The molecule has 7 nitrogen and oxygen atoms in total. The number of piperidine rings is 1. The summed E-state index contributed by atoms with van der Waals surface area (Å²) in [5.74, 6) is -0.182. The molecule has 0 N–H and O–H groups in total. The Kier molecular flexibility index (Phi) is 5.26. The Bertz CT molecular complexity index is 856. The molecular formula is C16H20N2O5S2. The largest absolute Gasteiger partial charge is 0.466 e. The molecule has 1 atom stereocenters. The zero-order chi connectivity index (χ0) is 18.0. The topological polar surface area (TPSA) is 89.7 Å². The summed E-state index contributed by atoms with van der Waals surface area (Å²) in [6.45, 7) is 4.42. The molecule has 0 spiro atoms. The highest BCUT2D eigenvalue weighted by molar-refractivity contribution is 7.91. The first-order chi connectivity index (χ1) is 11.9. The minimum absolute atomic E-state index is 0.163. The van der Waals surface area contributed by atoms with E-state index in [0.717, 1.165) is 17.0 Å². The first-order valence-corrected chi connectivity index (χ1v) is 10.4. The second-order valence-corrected chi connectivity index (χ2v) is 9.15. The second-order valence-electron chi connectivity index (χ2n) is 5.91. The Labute approximate surface area is 150 Å². The maximum atomic E-state index is 12.9. The number of carbonyl (C=O) groups excluding carboxylic acids is 1. The number of nitrogens with zero attached hydrogens (tertiary/aromatic N) is 2. The minimum atomic E-state index is -3.64. The fourth-order valence-corrected chi connectivity index (χ4v) is 5.74. The second kappa shape index (κ2) is 7.27. The number of carbonyl (C=O) groups is 1. The van der Waals surface area contributed by atoms with E-state index in [4.69, 9.17) is 9.26 Å². The van der Waals surface area contributed by atoms with E-state index in [-0.39, 0.29) is 16.7 Å². The zero-order valence-electron chi connectivity index (χ0n) is 14.1. The Morgan fingerprint density at radius 2 is 2.28 bits per heavy atom. The SMILES string of the molecule is CCOC(=O)[C@H]1CCCN(S(=O)(=O)c2ccc(-c3cc(C)no3)s2)C1. The van der Waals surface area contributed by atoms with Gasteiger partial charge < -0.3 is 9.26 Å². The Hall–Kier alpha value is -1.71. The summed E-state index contributed by atoms with van der Waals surface area (Å²) >= 11 is 1.14. The fourth-order valence-electron chi connectivity index (χ4n) is 2.81. The van der Waals surface area contributed by atoms with E-state index >= 15 is 0 Å². The van der Waals surface area contributed by atoms with E-state index < -0.39 is 15.9 Å². The summed E-state index contributed by atoms with van der Waals surface area (Å²) in [5.41, 5.74) is 0.737. The third-order valence-electron chi connectivity index (χ3n) is 4.05. The average molecular weight is 384 g/mol. The molecule has 1 aliphatic heterocycles. The van der Waals surface area contributed by atoms with Crippen LogP contribution in [0, 0.1) is 12.8 Å². The number of ether oxygens (including phenoxy) is 1. The van der Waals surface area contributed by atoms with Crippen LogP contribution in [-0.4, -0.2) is 43.5 Å². The number of hydrogen-bond acceptors (Lipinski definition) is 7. The number of aryl methyl sites for hydroxylation is 1. The van der Waals surface area contributed by atoms with Crippen molar-refractivity contribution in [2.75, 3.05) is 19.7 Å². The van der Waals surface area contributed by atoms with Gasteiger partial charge >= 0.3 is 5.97 Å². The summed E-state index contributed by atoms with van der Waals surface area (Å²) in [7, 11) is -3.64. The third kappa shape index (κ3) is 3.78. The van der Waals surface area contributed by atoms with Gasteiger partial charge in [0, 0.05) is 19.2 Å². The van der Waals surface area contributed by atoms with E-state index in [1.54, 1.807) is 25.1 Å². The number of rotatable bonds is 5. The van der Waals surface area contributed by atoms with Crippen LogP contribution in [-0.2, 0) is 19.6 Å². The maximum Gasteiger partial charge on any atom is 0.310 e. The molecule has 0 amide bonds. The van der Waals surface area contributed by atoms with Crippen LogP contribution in [0.1, 0.15) is 25.5 Å². The lowest BCUT2D eigenvalue weighted by molar-refractivity contribution is -0.149. The molecule has 9 heteroatoms. The van der Waals surface area contributed by atoms with Gasteiger partial charge in [0.15, 0.2) is 5.76 Å². The van der Waals surface area contributed by atoms with Crippen LogP contribution in [0.15, 0.2) is 26.9 Å². The molecule has 1 aliphatic rings. The van der Waals surface area contributed by atoms with Gasteiger partial charge in [-0.1, -0.05) is 5.16 Å². The number of aromatic nitrogens is 1. The van der Waals surface area contributed by atoms with Gasteiger partial charge in [0.05, 0.1) is 23.1 Å². The minimum Gasteiger partial charge on any atom is -0.466 e. The summed E-state index contributed by atoms with van der Waals surface area (Å²) in [6.07, 6.45) is 1.29. The summed E-state index contributed by atoms with van der Waals surface area (Å²) < 4.78 is 37.6. The number of hydrogen-bond donors (Lipinski definition) is 0. The molecule has 0 radical (unpaired) electrons. The van der Waals surface area contributed by atoms with E-state index in [1.807, 2.05) is 6.92 Å². The monoisotopic (exact) mass is 384 g/mol. The van der Waals surface area contributed by atoms with E-state index in [2.05, 4.69) is 5.16 Å². The number of esters is 1. The van der Waals surface area contributed by atoms with Crippen molar-refractivity contribution >= 4 is 27.3 Å². The fraction of sp³-hybridized carbons (Fsp3) is 0.500. The van der Waals surface area contributed by atoms with Gasteiger partial charge in [0.25, 0.3) is 10.0 Å². The molecule has 0 aliphatic carbocycles. The average Bonchev–Trinajstić information content (AvgIpc) is 3.24. The lowest BCUT2D eigenvalue weighted by Crippen LogP contribution is -2.42. The highest BCUT2D eigenvalue weighted by Gasteiger charge is 2.34. The van der Waals surface area contributed by atoms with Crippen LogP contribution in [0.5, 0.6) is 0 Å². The van der Waals surface area contributed by atoms with Crippen LogP contribution in [0.2, 0.25) is 0 Å². The van der Waals surface area contributed by atoms with Crippen molar-refractivity contribution in [2.24, 2.45) is 5.92 Å². The normalized spacial score (nSPS) is 19.0. The van der Waals surface area contributed by atoms with Crippen molar-refractivity contribution in [1.82, 2.24) is 9.46 Å². The van der Waals surface area contributed by atoms with Gasteiger partial charge in [-0.2, -0.15) is 4.31 Å². The Balaban J connectivity index is 1.79. The van der Waals surface area contributed by atoms with Crippen LogP contribution >= 0.6 is 11.3 Å². The lowest BCUT2D eigenvalue weighted by Gasteiger charge is -2.30. The van der Waals surface area contributed by atoms with Gasteiger partial charge in [-0.3, -0.25) is 4.79 Å².